The molecule has 5 rings (SSSR count). The first-order chi connectivity index (χ1) is 15.5. The Labute approximate surface area is 199 Å². The average molecular weight is 488 g/mol. The molecule has 1 unspecified atom stereocenters. The van der Waals surface area contributed by atoms with Gasteiger partial charge in [-0.3, -0.25) is 9.83 Å². The summed E-state index contributed by atoms with van der Waals surface area (Å²) in [5, 5.41) is 6.38. The number of benzene rings is 2. The Balaban J connectivity index is 1.50. The van der Waals surface area contributed by atoms with Crippen molar-refractivity contribution in [3.8, 4) is 11.6 Å². The summed E-state index contributed by atoms with van der Waals surface area (Å²) in [5.74, 6) is 1.47. The number of hydrogen-bond acceptors (Lipinski definition) is 5. The monoisotopic (exact) mass is 486 g/mol. The molecule has 0 aliphatic carbocycles. The molecule has 1 atom stereocenters. The van der Waals surface area contributed by atoms with Crippen molar-refractivity contribution in [3.63, 3.8) is 0 Å². The van der Waals surface area contributed by atoms with Gasteiger partial charge in [-0.2, -0.15) is 0 Å². The van der Waals surface area contributed by atoms with Gasteiger partial charge in [0.15, 0.2) is 5.84 Å². The molecule has 1 aliphatic heterocycles. The van der Waals surface area contributed by atoms with Crippen molar-refractivity contribution in [2.24, 2.45) is 4.99 Å². The lowest BCUT2D eigenvalue weighted by atomic mass is 10.1. The summed E-state index contributed by atoms with van der Waals surface area (Å²) in [6.45, 7) is 0.397. The van der Waals surface area contributed by atoms with Crippen molar-refractivity contribution in [1.29, 1.82) is 0 Å². The number of rotatable bonds is 5. The van der Waals surface area contributed by atoms with E-state index < -0.39 is 0 Å². The lowest BCUT2D eigenvalue weighted by molar-refractivity contribution is 0.0623. The fraction of sp³-hybridized carbons (Fsp3) is 0.130. The Morgan fingerprint density at radius 1 is 1.03 bits per heavy atom. The number of aromatic nitrogens is 2. The van der Waals surface area contributed by atoms with E-state index in [1.165, 1.54) is 0 Å². The highest BCUT2D eigenvalue weighted by Gasteiger charge is 2.22. The van der Waals surface area contributed by atoms with E-state index in [0.717, 1.165) is 11.1 Å². The minimum Gasteiger partial charge on any atom is -0.437 e. The van der Waals surface area contributed by atoms with E-state index in [4.69, 9.17) is 49.4 Å². The second-order valence-corrected chi connectivity index (χ2v) is 8.56. The third-order valence-corrected chi connectivity index (χ3v) is 5.79. The Hall–Kier alpha value is -2.77. The number of hydrogen-bond donors (Lipinski definition) is 1. The molecule has 6 nitrogen and oxygen atoms in total. The highest BCUT2D eigenvalue weighted by molar-refractivity contribution is 6.35. The van der Waals surface area contributed by atoms with E-state index in [9.17, 15) is 0 Å². The van der Waals surface area contributed by atoms with Crippen molar-refractivity contribution in [2.45, 2.75) is 12.5 Å². The van der Waals surface area contributed by atoms with Crippen LogP contribution in [0.5, 0.6) is 11.6 Å². The van der Waals surface area contributed by atoms with Crippen LogP contribution in [0.4, 0.5) is 0 Å². The molecule has 0 saturated heterocycles. The molecular formula is C23H17Cl3N4O2. The number of aliphatic imine (C=N–C) groups is 1. The molecule has 3 heterocycles. The lowest BCUT2D eigenvalue weighted by Crippen LogP contribution is -2.37. The Morgan fingerprint density at radius 2 is 1.91 bits per heavy atom. The van der Waals surface area contributed by atoms with E-state index in [1.807, 2.05) is 48.7 Å². The van der Waals surface area contributed by atoms with Crippen LogP contribution < -0.4 is 10.2 Å². The second kappa shape index (κ2) is 9.00. The van der Waals surface area contributed by atoms with Gasteiger partial charge in [0.25, 0.3) is 0 Å². The number of halogens is 3. The number of hydroxylamine groups is 1. The molecule has 1 N–H and O–H groups in total. The lowest BCUT2D eigenvalue weighted by Gasteiger charge is -2.23. The molecule has 0 saturated carbocycles. The molecule has 32 heavy (non-hydrogen) atoms. The molecule has 9 heteroatoms. The summed E-state index contributed by atoms with van der Waals surface area (Å²) < 4.78 is 7.81. The first-order valence-electron chi connectivity index (χ1n) is 9.87. The van der Waals surface area contributed by atoms with Crippen LogP contribution in [0.1, 0.15) is 11.1 Å². The summed E-state index contributed by atoms with van der Waals surface area (Å²) in [4.78, 5) is 10.5. The van der Waals surface area contributed by atoms with Crippen LogP contribution in [0.15, 0.2) is 71.9 Å². The van der Waals surface area contributed by atoms with Gasteiger partial charge in [0.05, 0.1) is 23.7 Å². The molecule has 0 fully saturated rings. The molecular weight excluding hydrogens is 471 g/mol. The van der Waals surface area contributed by atoms with E-state index in [-0.39, 0.29) is 6.04 Å². The zero-order chi connectivity index (χ0) is 22.1. The highest BCUT2D eigenvalue weighted by Crippen LogP contribution is 2.28. The zero-order valence-corrected chi connectivity index (χ0v) is 18.9. The molecule has 0 radical (unpaired) electrons. The molecule has 2 aromatic carbocycles. The molecule has 2 aromatic heterocycles. The van der Waals surface area contributed by atoms with Crippen LogP contribution >= 0.6 is 34.8 Å². The molecule has 0 amide bonds. The average Bonchev–Trinajstić information content (AvgIpc) is 3.23. The van der Waals surface area contributed by atoms with Gasteiger partial charge in [-0.15, -0.1) is 5.10 Å². The van der Waals surface area contributed by atoms with Crippen molar-refractivity contribution in [1.82, 2.24) is 15.1 Å². The van der Waals surface area contributed by atoms with Crippen LogP contribution in [0.2, 0.25) is 15.1 Å². The van der Waals surface area contributed by atoms with Gasteiger partial charge in [-0.1, -0.05) is 46.9 Å². The topological polar surface area (TPSA) is 60.2 Å². The molecule has 4 aromatic rings. The van der Waals surface area contributed by atoms with Crippen molar-refractivity contribution < 1.29 is 9.57 Å². The van der Waals surface area contributed by atoms with Crippen LogP contribution in [0, 0.1) is 0 Å². The Kier molecular flexibility index (Phi) is 5.93. The van der Waals surface area contributed by atoms with Crippen LogP contribution in [0.25, 0.3) is 5.52 Å². The van der Waals surface area contributed by atoms with Gasteiger partial charge < -0.3 is 4.74 Å². The number of nitrogens with one attached hydrogen (secondary N) is 1. The van der Waals surface area contributed by atoms with Crippen molar-refractivity contribution >= 4 is 46.2 Å². The summed E-state index contributed by atoms with van der Waals surface area (Å²) in [5.41, 5.74) is 5.42. The van der Waals surface area contributed by atoms with E-state index >= 15 is 0 Å². The second-order valence-electron chi connectivity index (χ2n) is 7.28. The molecule has 1 aliphatic rings. The maximum Gasteiger partial charge on any atom is 0.248 e. The van der Waals surface area contributed by atoms with Crippen LogP contribution in [-0.4, -0.2) is 28.1 Å². The standard InChI is InChI=1S/C23H17Cl3N4O2/c24-15-3-1-5-19(10-15)32-23-20(12-18-4-2-8-30(18)28-23)22-27-17(13-31-29-22)9-14-6-7-16(25)11-21(14)26/h1-8,10-12,17H,9,13H2,(H,27,29). The summed E-state index contributed by atoms with van der Waals surface area (Å²) in [6, 6.07) is 18.3. The Bertz CT molecular complexity index is 1320. The van der Waals surface area contributed by atoms with Gasteiger partial charge in [0, 0.05) is 21.3 Å². The number of ether oxygens (including phenoxy) is 1. The van der Waals surface area contributed by atoms with Crippen molar-refractivity contribution in [3.05, 3.63) is 93.1 Å². The number of fused-ring (bicyclic) bond motifs is 1. The minimum atomic E-state index is -0.146. The van der Waals surface area contributed by atoms with Crippen LogP contribution in [-0.2, 0) is 11.3 Å². The zero-order valence-electron chi connectivity index (χ0n) is 16.6. The number of nitrogens with zero attached hydrogens (tertiary/aromatic N) is 3. The van der Waals surface area contributed by atoms with E-state index in [2.05, 4.69) is 10.6 Å². The number of amidine groups is 1. The van der Waals surface area contributed by atoms with E-state index in [0.29, 0.717) is 51.1 Å². The van der Waals surface area contributed by atoms with Gasteiger partial charge in [-0.25, -0.2) is 10.00 Å². The molecule has 0 spiro atoms. The van der Waals surface area contributed by atoms with Crippen molar-refractivity contribution in [2.75, 3.05) is 6.61 Å². The largest absolute Gasteiger partial charge is 0.437 e. The minimum absolute atomic E-state index is 0.146. The third kappa shape index (κ3) is 4.54. The van der Waals surface area contributed by atoms with Crippen LogP contribution in [0.3, 0.4) is 0 Å². The summed E-state index contributed by atoms with van der Waals surface area (Å²) >= 11 is 18.5. The van der Waals surface area contributed by atoms with Gasteiger partial charge >= 0.3 is 0 Å². The fourth-order valence-electron chi connectivity index (χ4n) is 3.46. The summed E-state index contributed by atoms with van der Waals surface area (Å²) in [6.07, 6.45) is 2.45. The third-order valence-electron chi connectivity index (χ3n) is 4.97. The first-order valence-corrected chi connectivity index (χ1v) is 11.0. The Morgan fingerprint density at radius 3 is 2.75 bits per heavy atom. The maximum atomic E-state index is 6.35. The normalized spacial score (nSPS) is 16.0. The fourth-order valence-corrected chi connectivity index (χ4v) is 4.13. The predicted octanol–water partition coefficient (Wildman–Crippen LogP) is 5.98. The smallest absolute Gasteiger partial charge is 0.248 e. The summed E-state index contributed by atoms with van der Waals surface area (Å²) in [7, 11) is 0. The first kappa shape index (κ1) is 21.1. The molecule has 0 bridgehead atoms. The maximum absolute atomic E-state index is 6.35. The van der Waals surface area contributed by atoms with Gasteiger partial charge in [0.1, 0.15) is 5.75 Å². The highest BCUT2D eigenvalue weighted by atomic mass is 35.5. The molecule has 162 valence electrons. The quantitative estimate of drug-likeness (QED) is 0.376. The van der Waals surface area contributed by atoms with Gasteiger partial charge in [0.2, 0.25) is 5.88 Å². The SMILES string of the molecule is Clc1cccc(Oc2nn3cccc3cc2C2=NC(Cc3ccc(Cl)cc3Cl)CON2)c1. The van der Waals surface area contributed by atoms with E-state index in [1.54, 1.807) is 22.7 Å². The predicted molar refractivity (Wildman–Crippen MR) is 126 cm³/mol. The van der Waals surface area contributed by atoms with Gasteiger partial charge in [-0.05, 0) is 60.5 Å².